The third-order valence-electron chi connectivity index (χ3n) is 8.74. The average molecular weight is 649 g/mol. The number of nitrogens with zero attached hydrogens (tertiary/aromatic N) is 3. The second kappa shape index (κ2) is 11.2. The first-order chi connectivity index (χ1) is 22.0. The van der Waals surface area contributed by atoms with Gasteiger partial charge in [-0.2, -0.15) is 0 Å². The molecule has 0 bridgehead atoms. The zero-order chi connectivity index (χ0) is 30.7. The molecule has 1 atom stereocenters. The molecule has 8 heteroatoms. The molecule has 0 radical (unpaired) electrons. The van der Waals surface area contributed by atoms with Crippen LogP contribution in [0, 0.1) is 0 Å². The Hall–Kier alpha value is -4.36. The van der Waals surface area contributed by atoms with Crippen LogP contribution in [0.2, 0.25) is 10.0 Å². The van der Waals surface area contributed by atoms with Gasteiger partial charge in [-0.15, -0.1) is 0 Å². The summed E-state index contributed by atoms with van der Waals surface area (Å²) in [4.78, 5) is 20.2. The molecule has 0 unspecified atom stereocenters. The van der Waals surface area contributed by atoms with Gasteiger partial charge in [-0.05, 0) is 71.5 Å². The number of hydrogen-bond acceptors (Lipinski definition) is 4. The van der Waals surface area contributed by atoms with Crippen molar-refractivity contribution in [1.29, 1.82) is 0 Å². The van der Waals surface area contributed by atoms with Gasteiger partial charge in [0.15, 0.2) is 4.80 Å². The van der Waals surface area contributed by atoms with Crippen molar-refractivity contribution in [2.75, 3.05) is 7.11 Å². The van der Waals surface area contributed by atoms with Crippen molar-refractivity contribution >= 4 is 57.2 Å². The summed E-state index contributed by atoms with van der Waals surface area (Å²) in [7, 11) is 1.67. The van der Waals surface area contributed by atoms with Crippen LogP contribution in [-0.2, 0) is 13.0 Å². The molecule has 45 heavy (non-hydrogen) atoms. The summed E-state index contributed by atoms with van der Waals surface area (Å²) in [5.41, 5.74) is 8.54. The number of thiazole rings is 1. The van der Waals surface area contributed by atoms with Crippen molar-refractivity contribution in [3.05, 3.63) is 160 Å². The molecule has 4 aromatic carbocycles. The molecule has 2 aliphatic rings. The van der Waals surface area contributed by atoms with Crippen LogP contribution in [0.25, 0.3) is 22.7 Å². The van der Waals surface area contributed by atoms with E-state index in [1.54, 1.807) is 13.2 Å². The van der Waals surface area contributed by atoms with Crippen LogP contribution >= 0.6 is 34.5 Å². The minimum atomic E-state index is -0.268. The fraction of sp³-hybridized carbons (Fsp3) is 0.135. The highest BCUT2D eigenvalue weighted by atomic mass is 35.5. The largest absolute Gasteiger partial charge is 0.497 e. The van der Waals surface area contributed by atoms with Crippen molar-refractivity contribution < 1.29 is 4.74 Å². The minimum Gasteiger partial charge on any atom is -0.497 e. The fourth-order valence-corrected chi connectivity index (χ4v) is 8.09. The maximum absolute atomic E-state index is 14.4. The van der Waals surface area contributed by atoms with E-state index in [0.29, 0.717) is 25.9 Å². The smallest absolute Gasteiger partial charge is 0.271 e. The van der Waals surface area contributed by atoms with E-state index in [4.69, 9.17) is 32.9 Å². The number of aryl methyl sites for hydroxylation is 1. The Balaban J connectivity index is 1.31. The Morgan fingerprint density at radius 1 is 0.978 bits per heavy atom. The molecule has 0 N–H and O–H groups in total. The molecule has 222 valence electrons. The standard InChI is InChI=1S/C37H27Cl2N3O2S/c1-44-27-9-6-8-23(17-27)35-30-16-14-22-7-2-3-11-29(22)34(30)40-37-42(35)36(43)33(45-37)18-25-21-41(32-12-5-4-10-28(25)32)20-24-13-15-26(38)19-31(24)39/h2-13,15,17-19,21,35H,14,16,20H2,1H3/t35-/m0/s1. The van der Waals surface area contributed by atoms with Crippen molar-refractivity contribution in [2.24, 2.45) is 4.99 Å². The number of methoxy groups -OCH3 is 1. The van der Waals surface area contributed by atoms with E-state index in [1.807, 2.05) is 53.1 Å². The van der Waals surface area contributed by atoms with Gasteiger partial charge in [0.2, 0.25) is 0 Å². The van der Waals surface area contributed by atoms with E-state index in [0.717, 1.165) is 63.0 Å². The van der Waals surface area contributed by atoms with E-state index in [2.05, 4.69) is 53.2 Å². The third-order valence-corrected chi connectivity index (χ3v) is 10.3. The van der Waals surface area contributed by atoms with Gasteiger partial charge in [0.1, 0.15) is 5.75 Å². The molecule has 2 aromatic heterocycles. The fourth-order valence-electron chi connectivity index (χ4n) is 6.63. The first-order valence-electron chi connectivity index (χ1n) is 14.8. The Bertz CT molecular complexity index is 2370. The zero-order valence-corrected chi connectivity index (χ0v) is 26.7. The summed E-state index contributed by atoms with van der Waals surface area (Å²) in [5.74, 6) is 0.763. The molecule has 6 aromatic rings. The van der Waals surface area contributed by atoms with E-state index in [-0.39, 0.29) is 11.6 Å². The summed E-state index contributed by atoms with van der Waals surface area (Å²) >= 11 is 14.1. The summed E-state index contributed by atoms with van der Waals surface area (Å²) in [6.07, 6.45) is 5.84. The molecule has 1 aliphatic carbocycles. The van der Waals surface area contributed by atoms with Crippen LogP contribution in [0.1, 0.15) is 40.3 Å². The number of fused-ring (bicyclic) bond motifs is 4. The van der Waals surface area contributed by atoms with Gasteiger partial charge in [-0.25, -0.2) is 4.99 Å². The Morgan fingerprint density at radius 3 is 2.69 bits per heavy atom. The van der Waals surface area contributed by atoms with Crippen molar-refractivity contribution in [3.63, 3.8) is 0 Å². The Morgan fingerprint density at radius 2 is 1.82 bits per heavy atom. The summed E-state index contributed by atoms with van der Waals surface area (Å²) in [5, 5.41) is 2.29. The first-order valence-corrected chi connectivity index (χ1v) is 16.3. The van der Waals surface area contributed by atoms with Gasteiger partial charge in [0, 0.05) is 44.8 Å². The molecule has 0 amide bonds. The lowest BCUT2D eigenvalue weighted by molar-refractivity contribution is 0.413. The van der Waals surface area contributed by atoms with Gasteiger partial charge in [0.05, 0.1) is 23.4 Å². The van der Waals surface area contributed by atoms with Gasteiger partial charge in [0.25, 0.3) is 5.56 Å². The molecule has 3 heterocycles. The number of aromatic nitrogens is 2. The van der Waals surface area contributed by atoms with Crippen LogP contribution in [-0.4, -0.2) is 16.2 Å². The first kappa shape index (κ1) is 28.1. The summed E-state index contributed by atoms with van der Waals surface area (Å²) in [6, 6.07) is 30.0. The summed E-state index contributed by atoms with van der Waals surface area (Å²) < 4.78 is 10.3. The van der Waals surface area contributed by atoms with Gasteiger partial charge >= 0.3 is 0 Å². The molecule has 0 saturated heterocycles. The Kier molecular flexibility index (Phi) is 7.01. The van der Waals surface area contributed by atoms with E-state index in [9.17, 15) is 4.79 Å². The van der Waals surface area contributed by atoms with Crippen LogP contribution < -0.4 is 19.6 Å². The normalized spacial score (nSPS) is 15.9. The van der Waals surface area contributed by atoms with Crippen molar-refractivity contribution in [3.8, 4) is 5.75 Å². The van der Waals surface area contributed by atoms with Crippen LogP contribution in [0.15, 0.2) is 113 Å². The maximum Gasteiger partial charge on any atom is 0.271 e. The van der Waals surface area contributed by atoms with Gasteiger partial charge in [-0.1, -0.05) is 95.2 Å². The SMILES string of the molecule is COc1cccc([C@H]2C3=C(N=c4sc(=Cc5cn(Cc6ccc(Cl)cc6Cl)c6ccccc56)c(=O)n42)c2ccccc2CC3)c1. The zero-order valence-electron chi connectivity index (χ0n) is 24.3. The number of ether oxygens (including phenoxy) is 1. The quantitative estimate of drug-likeness (QED) is 0.193. The number of allylic oxidation sites excluding steroid dienone is 1. The Labute approximate surface area is 273 Å². The van der Waals surface area contributed by atoms with Crippen LogP contribution in [0.3, 0.4) is 0 Å². The molecule has 1 aliphatic heterocycles. The lowest BCUT2D eigenvalue weighted by Gasteiger charge is -2.31. The topological polar surface area (TPSA) is 48.5 Å². The molecular formula is C37H27Cl2N3O2S. The molecule has 0 saturated carbocycles. The monoisotopic (exact) mass is 647 g/mol. The second-order valence-electron chi connectivity index (χ2n) is 11.4. The van der Waals surface area contributed by atoms with Crippen LogP contribution in [0.4, 0.5) is 0 Å². The number of hydrogen-bond donors (Lipinski definition) is 0. The third kappa shape index (κ3) is 4.85. The van der Waals surface area contributed by atoms with Gasteiger partial charge in [-0.3, -0.25) is 9.36 Å². The molecule has 0 spiro atoms. The van der Waals surface area contributed by atoms with E-state index in [1.165, 1.54) is 16.9 Å². The number of para-hydroxylation sites is 1. The minimum absolute atomic E-state index is 0.0467. The van der Waals surface area contributed by atoms with Gasteiger partial charge < -0.3 is 9.30 Å². The lowest BCUT2D eigenvalue weighted by Crippen LogP contribution is -2.38. The molecular weight excluding hydrogens is 621 g/mol. The average Bonchev–Trinajstić information content (AvgIpc) is 3.57. The predicted molar refractivity (Wildman–Crippen MR) is 183 cm³/mol. The highest BCUT2D eigenvalue weighted by Gasteiger charge is 2.32. The lowest BCUT2D eigenvalue weighted by atomic mass is 9.83. The highest BCUT2D eigenvalue weighted by molar-refractivity contribution is 7.07. The van der Waals surface area contributed by atoms with E-state index < -0.39 is 0 Å². The molecule has 5 nitrogen and oxygen atoms in total. The number of benzene rings is 4. The van der Waals surface area contributed by atoms with E-state index >= 15 is 0 Å². The van der Waals surface area contributed by atoms with Crippen LogP contribution in [0.5, 0.6) is 5.75 Å². The molecule has 0 fully saturated rings. The highest BCUT2D eigenvalue weighted by Crippen LogP contribution is 2.41. The molecule has 8 rings (SSSR count). The second-order valence-corrected chi connectivity index (χ2v) is 13.2. The predicted octanol–water partition coefficient (Wildman–Crippen LogP) is 7.64. The number of rotatable bonds is 5. The van der Waals surface area contributed by atoms with Crippen molar-refractivity contribution in [1.82, 2.24) is 9.13 Å². The van der Waals surface area contributed by atoms with Crippen molar-refractivity contribution in [2.45, 2.75) is 25.4 Å². The number of halogens is 2. The summed E-state index contributed by atoms with van der Waals surface area (Å²) in [6.45, 7) is 0.577. The maximum atomic E-state index is 14.4.